The third kappa shape index (κ3) is 52.7. The van der Waals surface area contributed by atoms with Crippen LogP contribution in [-0.4, -0.2) is 264 Å². The van der Waals surface area contributed by atoms with Crippen molar-refractivity contribution in [3.8, 4) is 0 Å². The van der Waals surface area contributed by atoms with Gasteiger partial charge in [0.1, 0.15) is 0 Å². The lowest BCUT2D eigenvalue weighted by Gasteiger charge is -2.41. The lowest BCUT2D eigenvalue weighted by molar-refractivity contribution is -0.0448. The summed E-state index contributed by atoms with van der Waals surface area (Å²) in [6.45, 7) is 9.91. The second-order valence-corrected chi connectivity index (χ2v) is 18.3. The Kier molecular flexibility index (Phi) is 75.5. The maximum atomic E-state index is 8.87. The van der Waals surface area contributed by atoms with Gasteiger partial charge in [0.2, 0.25) is 0 Å². The van der Waals surface area contributed by atoms with Gasteiger partial charge in [-0.1, -0.05) is 0 Å². The summed E-state index contributed by atoms with van der Waals surface area (Å²) in [5, 5.41) is 81.0. The fraction of sp³-hybridized carbons (Fsp3) is 1.00. The Morgan fingerprint density at radius 1 is 0.298 bits per heavy atom. The van der Waals surface area contributed by atoms with Crippen LogP contribution >= 0.6 is 111 Å². The Hall–Kier alpha value is 2.43. The van der Waals surface area contributed by atoms with Crippen LogP contribution in [0.2, 0.25) is 0 Å². The number of β-amino-alcohol motifs (C(OH)–C–C–N with tert-alkyl or cyclic N) is 6. The van der Waals surface area contributed by atoms with Gasteiger partial charge in [-0.15, -0.1) is 70.6 Å². The van der Waals surface area contributed by atoms with Gasteiger partial charge in [0, 0.05) is 103 Å². The molecule has 4 saturated heterocycles. The number of nitrogens with zero attached hydrogens (tertiary/aromatic N) is 6. The summed E-state index contributed by atoms with van der Waals surface area (Å²) in [5.41, 5.74) is 14.3. The molecule has 27 heteroatoms. The molecule has 4 fully saturated rings. The smallest absolute Gasteiger partial charge is 0.0559 e. The highest BCUT2D eigenvalue weighted by Gasteiger charge is 2.22. The molecule has 4 aliphatic rings. The first kappa shape index (κ1) is 71.1. The van der Waals surface area contributed by atoms with Crippen LogP contribution in [0.4, 0.5) is 0 Å². The average Bonchev–Trinajstić information content (AvgIpc) is 3.21. The van der Waals surface area contributed by atoms with Crippen LogP contribution < -0.4 is 17.2 Å². The van der Waals surface area contributed by atoms with E-state index in [0.29, 0.717) is 45.9 Å². The first-order valence-electron chi connectivity index (χ1n) is 17.7. The molecule has 0 aromatic rings. The standard InChI is InChI=1S/C9H21N3O3.C7H16N2O2S.C5H11NOS2.C3H6S3.3C2H7NO.3H2S/c13-4-1-10-7-11(2-5-14)9-12(8-10)3-6-15;10-3-1-8-5-9(2-4-11)7-12-6-8;7-2-1-6-3-8-5-9-4-6;1-4-2-6-3-5-1;3*3-1-2-4;;;/h13-15H,1-9H2;10-11H,1-7H2;7H,1-5H2;1-3H2;3*4H,1-3H2;3*1H2. The van der Waals surface area contributed by atoms with Crippen molar-refractivity contribution in [2.24, 2.45) is 17.2 Å². The minimum atomic E-state index is 0. The molecule has 0 spiro atoms. The highest BCUT2D eigenvalue weighted by Crippen LogP contribution is 2.27. The summed E-state index contributed by atoms with van der Waals surface area (Å²) in [7, 11) is 0. The Morgan fingerprint density at radius 2 is 0.509 bits per heavy atom. The van der Waals surface area contributed by atoms with E-state index in [1.165, 1.54) is 20.3 Å². The van der Waals surface area contributed by atoms with Gasteiger partial charge in [-0.05, 0) is 0 Å². The fourth-order valence-electron chi connectivity index (χ4n) is 4.03. The Labute approximate surface area is 389 Å². The SMILES string of the molecule is C1SCSCS1.NCCO.NCCO.NCCO.OCCN1CN(CCO)CN(CCO)C1.OCCN1CSCN(CCO)C1.OCCN1CSCSC1.S.S.S. The number of thioether (sulfide) groups is 6. The van der Waals surface area contributed by atoms with E-state index in [2.05, 4.69) is 29.4 Å². The zero-order valence-electron chi connectivity index (χ0n) is 33.6. The van der Waals surface area contributed by atoms with Crippen molar-refractivity contribution in [1.29, 1.82) is 0 Å². The van der Waals surface area contributed by atoms with Crippen LogP contribution in [0.5, 0.6) is 0 Å². The molecule has 18 nitrogen and oxygen atoms in total. The van der Waals surface area contributed by atoms with Crippen LogP contribution in [0.25, 0.3) is 0 Å². The van der Waals surface area contributed by atoms with Crippen LogP contribution in [0.3, 0.4) is 0 Å². The molecule has 4 aliphatic heterocycles. The summed E-state index contributed by atoms with van der Waals surface area (Å²) in [6.07, 6.45) is 0. The summed E-state index contributed by atoms with van der Waals surface area (Å²) < 4.78 is 0. The molecule has 0 amide bonds. The monoisotopic (exact) mass is 999 g/mol. The van der Waals surface area contributed by atoms with E-state index in [1.54, 1.807) is 0 Å². The number of hydrogen-bond acceptors (Lipinski definition) is 24. The number of hydrogen-bond donors (Lipinski definition) is 12. The van der Waals surface area contributed by atoms with E-state index in [4.69, 9.17) is 63.2 Å². The minimum absolute atomic E-state index is 0. The maximum Gasteiger partial charge on any atom is 0.0559 e. The first-order valence-corrected chi connectivity index (χ1v) is 24.7. The number of nitrogens with two attached hydrogens (primary N) is 3. The molecule has 0 aliphatic carbocycles. The van der Waals surface area contributed by atoms with Crippen molar-refractivity contribution in [1.82, 2.24) is 29.4 Å². The Morgan fingerprint density at radius 3 is 0.754 bits per heavy atom. The molecule has 0 aromatic carbocycles. The predicted octanol–water partition coefficient (Wildman–Crippen LogP) is -3.19. The van der Waals surface area contributed by atoms with Crippen LogP contribution in [0, 0.1) is 0 Å². The molecule has 4 rings (SSSR count). The Bertz CT molecular complexity index is 631. The van der Waals surface area contributed by atoms with Crippen molar-refractivity contribution in [3.05, 3.63) is 0 Å². The van der Waals surface area contributed by atoms with Gasteiger partial charge < -0.3 is 63.2 Å². The first-order chi connectivity index (χ1) is 26.3. The second-order valence-electron chi connectivity index (χ2n) is 11.0. The molecule has 0 unspecified atom stereocenters. The maximum absolute atomic E-state index is 8.87. The van der Waals surface area contributed by atoms with Gasteiger partial charge in [-0.3, -0.25) is 29.4 Å². The summed E-state index contributed by atoms with van der Waals surface area (Å²) in [6, 6.07) is 0. The molecule has 0 bridgehead atoms. The third-order valence-corrected chi connectivity index (χ3v) is 13.8. The van der Waals surface area contributed by atoms with Gasteiger partial charge in [0.25, 0.3) is 0 Å². The second kappa shape index (κ2) is 60.5. The quantitative estimate of drug-likeness (QED) is 0.0770. The molecule has 0 radical (unpaired) electrons. The van der Waals surface area contributed by atoms with Gasteiger partial charge in [-0.2, -0.15) is 40.5 Å². The van der Waals surface area contributed by atoms with Gasteiger partial charge in [0.05, 0.1) is 86.1 Å². The zero-order valence-corrected chi connectivity index (χ0v) is 41.5. The van der Waals surface area contributed by atoms with Gasteiger partial charge >= 0.3 is 0 Å². The predicted molar refractivity (Wildman–Crippen MR) is 266 cm³/mol. The van der Waals surface area contributed by atoms with Crippen LogP contribution in [0.15, 0.2) is 0 Å². The Balaban J connectivity index is -0.000000140. The highest BCUT2D eigenvalue weighted by atomic mass is 32.3. The molecule has 0 saturated carbocycles. The summed E-state index contributed by atoms with van der Waals surface area (Å²) in [5.74, 6) is 4.16. The van der Waals surface area contributed by atoms with E-state index in [-0.39, 0.29) is 93.3 Å². The van der Waals surface area contributed by atoms with Crippen molar-refractivity contribution in [2.45, 2.75) is 0 Å². The van der Waals surface area contributed by atoms with Crippen molar-refractivity contribution >= 4 is 111 Å². The summed E-state index contributed by atoms with van der Waals surface area (Å²) >= 11 is 11.7. The fourth-order valence-corrected chi connectivity index (χ4v) is 11.3. The minimum Gasteiger partial charge on any atom is -0.395 e. The molecule has 4 heterocycles. The molecule has 0 atom stereocenters. The summed E-state index contributed by atoms with van der Waals surface area (Å²) in [4.78, 5) is 12.9. The number of rotatable bonds is 15. The van der Waals surface area contributed by atoms with Crippen LogP contribution in [-0.2, 0) is 0 Å². The molecule has 354 valence electrons. The molecule has 15 N–H and O–H groups in total. The lowest BCUT2D eigenvalue weighted by atomic mass is 10.4. The van der Waals surface area contributed by atoms with Crippen molar-refractivity contribution in [2.75, 3.05) is 189 Å². The van der Waals surface area contributed by atoms with Crippen LogP contribution in [0.1, 0.15) is 0 Å². The third-order valence-electron chi connectivity index (χ3n) is 6.25. The van der Waals surface area contributed by atoms with Crippen molar-refractivity contribution < 1.29 is 46.0 Å². The molecule has 57 heavy (non-hydrogen) atoms. The molecular formula is C30H81N9O9S9. The van der Waals surface area contributed by atoms with E-state index < -0.39 is 0 Å². The van der Waals surface area contributed by atoms with Gasteiger partial charge in [-0.25, -0.2) is 0 Å². The van der Waals surface area contributed by atoms with E-state index in [0.717, 1.165) is 69.8 Å². The lowest BCUT2D eigenvalue weighted by Crippen LogP contribution is -2.56. The zero-order chi connectivity index (χ0) is 40.9. The van der Waals surface area contributed by atoms with E-state index in [1.807, 2.05) is 70.6 Å². The van der Waals surface area contributed by atoms with E-state index in [9.17, 15) is 0 Å². The average molecular weight is 1000 g/mol. The molecule has 0 aromatic heterocycles. The molecular weight excluding hydrogens is 919 g/mol. The highest BCUT2D eigenvalue weighted by molar-refractivity contribution is 8.31. The topological polar surface area (TPSA) is 280 Å². The largest absolute Gasteiger partial charge is 0.395 e. The van der Waals surface area contributed by atoms with Gasteiger partial charge in [0.15, 0.2) is 0 Å². The number of aliphatic hydroxyl groups excluding tert-OH is 9. The number of aliphatic hydroxyl groups is 9. The van der Waals surface area contributed by atoms with Crippen molar-refractivity contribution in [3.63, 3.8) is 0 Å². The normalized spacial score (nSPS) is 17.7. The van der Waals surface area contributed by atoms with E-state index >= 15 is 0 Å².